The summed E-state index contributed by atoms with van der Waals surface area (Å²) in [6.07, 6.45) is -4.34. The summed E-state index contributed by atoms with van der Waals surface area (Å²) in [5.41, 5.74) is -2.70. The molecule has 2 aromatic rings. The average Bonchev–Trinajstić information content (AvgIpc) is 3.02. The molecule has 26 heavy (non-hydrogen) atoms. The number of carbonyl (C=O) groups excluding carboxylic acids is 1. The number of carbonyl (C=O) groups is 1. The monoisotopic (exact) mass is 371 g/mol. The van der Waals surface area contributed by atoms with Crippen molar-refractivity contribution in [1.29, 1.82) is 0 Å². The number of piperidine rings is 1. The van der Waals surface area contributed by atoms with Gasteiger partial charge in [0.05, 0.1) is 0 Å². The standard InChI is InChI=1S/C16H17F4N5O/c1-9-8-21-7-6-11(9)22-15(26)13-14(16(18,19)20)25(24-23-13)12-5-3-2-4-10(12)17/h2-5,9,11,21H,6-8H2,1H3,(H,22,26). The van der Waals surface area contributed by atoms with Gasteiger partial charge in [0, 0.05) is 6.04 Å². The summed E-state index contributed by atoms with van der Waals surface area (Å²) in [5, 5.41) is 12.5. The average molecular weight is 371 g/mol. The third kappa shape index (κ3) is 3.55. The van der Waals surface area contributed by atoms with Crippen molar-refractivity contribution in [2.75, 3.05) is 13.1 Å². The van der Waals surface area contributed by atoms with Crippen LogP contribution in [0.1, 0.15) is 29.5 Å². The number of amides is 1. The van der Waals surface area contributed by atoms with Gasteiger partial charge in [-0.3, -0.25) is 4.79 Å². The summed E-state index contributed by atoms with van der Waals surface area (Å²) in [7, 11) is 0. The lowest BCUT2D eigenvalue weighted by molar-refractivity contribution is -0.143. The van der Waals surface area contributed by atoms with Gasteiger partial charge in [-0.25, -0.2) is 9.07 Å². The van der Waals surface area contributed by atoms with Crippen molar-refractivity contribution in [3.63, 3.8) is 0 Å². The van der Waals surface area contributed by atoms with E-state index in [-0.39, 0.29) is 12.0 Å². The van der Waals surface area contributed by atoms with Gasteiger partial charge in [-0.15, -0.1) is 5.10 Å². The second-order valence-corrected chi connectivity index (χ2v) is 6.20. The highest BCUT2D eigenvalue weighted by molar-refractivity contribution is 5.93. The molecular formula is C16H17F4N5O. The van der Waals surface area contributed by atoms with Crippen LogP contribution in [-0.2, 0) is 6.18 Å². The van der Waals surface area contributed by atoms with Crippen LogP contribution in [0.2, 0.25) is 0 Å². The molecule has 1 amide bonds. The lowest BCUT2D eigenvalue weighted by Crippen LogP contribution is -2.48. The molecule has 0 saturated carbocycles. The van der Waals surface area contributed by atoms with Gasteiger partial charge in [0.2, 0.25) is 0 Å². The molecular weight excluding hydrogens is 354 g/mol. The summed E-state index contributed by atoms with van der Waals surface area (Å²) in [4.78, 5) is 12.4. The Hall–Kier alpha value is -2.49. The second kappa shape index (κ2) is 7.02. The first-order chi connectivity index (χ1) is 12.3. The van der Waals surface area contributed by atoms with E-state index < -0.39 is 35.0 Å². The topological polar surface area (TPSA) is 71.8 Å². The largest absolute Gasteiger partial charge is 0.435 e. The third-order valence-electron chi connectivity index (χ3n) is 4.34. The molecule has 2 atom stereocenters. The van der Waals surface area contributed by atoms with Crippen LogP contribution in [0.4, 0.5) is 17.6 Å². The Morgan fingerprint density at radius 3 is 2.73 bits per heavy atom. The first-order valence-electron chi connectivity index (χ1n) is 8.08. The Morgan fingerprint density at radius 2 is 2.08 bits per heavy atom. The predicted molar refractivity (Wildman–Crippen MR) is 84.2 cm³/mol. The number of hydrogen-bond acceptors (Lipinski definition) is 4. The molecule has 1 aliphatic heterocycles. The van der Waals surface area contributed by atoms with Crippen molar-refractivity contribution in [3.05, 3.63) is 41.5 Å². The minimum Gasteiger partial charge on any atom is -0.347 e. The summed E-state index contributed by atoms with van der Waals surface area (Å²) < 4.78 is 54.9. The maximum Gasteiger partial charge on any atom is 0.435 e. The van der Waals surface area contributed by atoms with Gasteiger partial charge >= 0.3 is 6.18 Å². The Bertz CT molecular complexity index is 804. The molecule has 1 aromatic carbocycles. The highest BCUT2D eigenvalue weighted by atomic mass is 19.4. The maximum atomic E-state index is 13.9. The number of nitrogens with zero attached hydrogens (tertiary/aromatic N) is 3. The van der Waals surface area contributed by atoms with Crippen LogP contribution in [0.3, 0.4) is 0 Å². The number of nitrogens with one attached hydrogen (secondary N) is 2. The van der Waals surface area contributed by atoms with Crippen molar-refractivity contribution in [2.45, 2.75) is 25.6 Å². The number of aromatic nitrogens is 3. The fraction of sp³-hybridized carbons (Fsp3) is 0.438. The van der Waals surface area contributed by atoms with E-state index in [9.17, 15) is 22.4 Å². The molecule has 1 aliphatic rings. The van der Waals surface area contributed by atoms with Crippen LogP contribution in [0.5, 0.6) is 0 Å². The number of para-hydroxylation sites is 1. The summed E-state index contributed by atoms with van der Waals surface area (Å²) in [6.45, 7) is 3.19. The number of benzene rings is 1. The SMILES string of the molecule is CC1CNCCC1NC(=O)c1nnn(-c2ccccc2F)c1C(F)(F)F. The molecule has 0 radical (unpaired) electrons. The third-order valence-corrected chi connectivity index (χ3v) is 4.34. The zero-order valence-electron chi connectivity index (χ0n) is 13.8. The van der Waals surface area contributed by atoms with Crippen molar-refractivity contribution in [1.82, 2.24) is 25.6 Å². The van der Waals surface area contributed by atoms with E-state index in [1.807, 2.05) is 6.92 Å². The molecule has 3 rings (SSSR count). The van der Waals surface area contributed by atoms with E-state index >= 15 is 0 Å². The summed E-state index contributed by atoms with van der Waals surface area (Å²) >= 11 is 0. The maximum absolute atomic E-state index is 13.9. The van der Waals surface area contributed by atoms with E-state index in [1.54, 1.807) is 0 Å². The van der Waals surface area contributed by atoms with Crippen molar-refractivity contribution in [2.24, 2.45) is 5.92 Å². The molecule has 1 aromatic heterocycles. The van der Waals surface area contributed by atoms with Gasteiger partial charge in [0.15, 0.2) is 11.4 Å². The normalized spacial score (nSPS) is 20.8. The fourth-order valence-corrected chi connectivity index (χ4v) is 2.95. The van der Waals surface area contributed by atoms with Crippen LogP contribution in [0.25, 0.3) is 5.69 Å². The molecule has 0 bridgehead atoms. The first kappa shape index (κ1) is 18.3. The number of alkyl halides is 3. The molecule has 2 heterocycles. The minimum atomic E-state index is -4.93. The van der Waals surface area contributed by atoms with E-state index in [4.69, 9.17) is 0 Å². The molecule has 2 N–H and O–H groups in total. The van der Waals surface area contributed by atoms with E-state index in [1.165, 1.54) is 12.1 Å². The highest BCUT2D eigenvalue weighted by Gasteiger charge is 2.42. The Morgan fingerprint density at radius 1 is 1.35 bits per heavy atom. The molecule has 6 nitrogen and oxygen atoms in total. The highest BCUT2D eigenvalue weighted by Crippen LogP contribution is 2.33. The first-order valence-corrected chi connectivity index (χ1v) is 8.08. The van der Waals surface area contributed by atoms with Gasteiger partial charge in [0.25, 0.3) is 5.91 Å². The molecule has 140 valence electrons. The smallest absolute Gasteiger partial charge is 0.347 e. The quantitative estimate of drug-likeness (QED) is 0.811. The molecule has 0 aliphatic carbocycles. The van der Waals surface area contributed by atoms with E-state index in [0.29, 0.717) is 24.2 Å². The predicted octanol–water partition coefficient (Wildman–Crippen LogP) is 2.15. The van der Waals surface area contributed by atoms with Crippen LogP contribution < -0.4 is 10.6 Å². The molecule has 0 spiro atoms. The minimum absolute atomic E-state index is 0.0589. The molecule has 1 saturated heterocycles. The number of hydrogen-bond donors (Lipinski definition) is 2. The fourth-order valence-electron chi connectivity index (χ4n) is 2.95. The Balaban J connectivity index is 1.97. The second-order valence-electron chi connectivity index (χ2n) is 6.20. The van der Waals surface area contributed by atoms with Gasteiger partial charge < -0.3 is 10.6 Å². The van der Waals surface area contributed by atoms with Gasteiger partial charge in [-0.1, -0.05) is 24.3 Å². The van der Waals surface area contributed by atoms with E-state index in [0.717, 1.165) is 12.1 Å². The lowest BCUT2D eigenvalue weighted by atomic mass is 9.95. The van der Waals surface area contributed by atoms with Crippen LogP contribution in [0.15, 0.2) is 24.3 Å². The van der Waals surface area contributed by atoms with Crippen LogP contribution >= 0.6 is 0 Å². The van der Waals surface area contributed by atoms with Crippen molar-refractivity contribution in [3.8, 4) is 5.69 Å². The van der Waals surface area contributed by atoms with E-state index in [2.05, 4.69) is 20.9 Å². The zero-order valence-corrected chi connectivity index (χ0v) is 13.8. The summed E-state index contributed by atoms with van der Waals surface area (Å²) in [5.74, 6) is -1.82. The van der Waals surface area contributed by atoms with Crippen LogP contribution in [0, 0.1) is 11.7 Å². The summed E-state index contributed by atoms with van der Waals surface area (Å²) in [6, 6.07) is 4.58. The Kier molecular flexibility index (Phi) is 4.94. The molecule has 1 fully saturated rings. The number of halogens is 4. The zero-order chi connectivity index (χ0) is 18.9. The van der Waals surface area contributed by atoms with Crippen LogP contribution in [-0.4, -0.2) is 40.0 Å². The molecule has 10 heteroatoms. The lowest BCUT2D eigenvalue weighted by Gasteiger charge is -2.30. The van der Waals surface area contributed by atoms with Crippen molar-refractivity contribution >= 4 is 5.91 Å². The van der Waals surface area contributed by atoms with Crippen molar-refractivity contribution < 1.29 is 22.4 Å². The number of rotatable bonds is 3. The van der Waals surface area contributed by atoms with Gasteiger partial charge in [-0.05, 0) is 37.6 Å². The van der Waals surface area contributed by atoms with Gasteiger partial charge in [0.1, 0.15) is 11.5 Å². The molecule has 2 unspecified atom stereocenters. The van der Waals surface area contributed by atoms with Gasteiger partial charge in [-0.2, -0.15) is 13.2 Å². The Labute approximate surface area is 146 Å².